The summed E-state index contributed by atoms with van der Waals surface area (Å²) in [5.74, 6) is -0.841. The molecule has 0 aliphatic heterocycles. The van der Waals surface area contributed by atoms with E-state index in [1.807, 2.05) is 0 Å². The van der Waals surface area contributed by atoms with Crippen LogP contribution in [0.1, 0.15) is 42.5 Å². The molecule has 0 spiro atoms. The predicted octanol–water partition coefficient (Wildman–Crippen LogP) is 1.85. The van der Waals surface area contributed by atoms with Crippen molar-refractivity contribution < 1.29 is 19.7 Å². The van der Waals surface area contributed by atoms with E-state index in [0.717, 1.165) is 19.3 Å². The standard InChI is InChI=1S/C13H17NO4/c15-12(16)10-4-7-14-8-11(10)18-9-13(17)5-2-1-3-6-13/h4,7-8,17H,1-3,5-6,9H2,(H,15,16). The van der Waals surface area contributed by atoms with Crippen molar-refractivity contribution in [3.8, 4) is 5.75 Å². The summed E-state index contributed by atoms with van der Waals surface area (Å²) in [6.45, 7) is 0.124. The van der Waals surface area contributed by atoms with Crippen LogP contribution >= 0.6 is 0 Å². The van der Waals surface area contributed by atoms with Crippen LogP contribution in [0.5, 0.6) is 5.75 Å². The number of ether oxygens (including phenoxy) is 1. The highest BCUT2D eigenvalue weighted by Gasteiger charge is 2.30. The summed E-state index contributed by atoms with van der Waals surface area (Å²) >= 11 is 0. The van der Waals surface area contributed by atoms with Crippen LogP contribution < -0.4 is 4.74 Å². The molecule has 1 aromatic rings. The SMILES string of the molecule is O=C(O)c1ccncc1OCC1(O)CCCCC1. The molecule has 98 valence electrons. The van der Waals surface area contributed by atoms with E-state index in [9.17, 15) is 9.90 Å². The molecule has 18 heavy (non-hydrogen) atoms. The van der Waals surface area contributed by atoms with Crippen LogP contribution in [0.4, 0.5) is 0 Å². The summed E-state index contributed by atoms with van der Waals surface area (Å²) < 4.78 is 5.45. The fourth-order valence-electron chi connectivity index (χ4n) is 2.24. The average molecular weight is 251 g/mol. The summed E-state index contributed by atoms with van der Waals surface area (Å²) in [6, 6.07) is 1.39. The van der Waals surface area contributed by atoms with Gasteiger partial charge in [-0.3, -0.25) is 4.98 Å². The molecule has 1 aliphatic rings. The zero-order chi connectivity index (χ0) is 13.0. The van der Waals surface area contributed by atoms with Gasteiger partial charge in [-0.05, 0) is 18.9 Å². The molecule has 2 rings (SSSR count). The van der Waals surface area contributed by atoms with Crippen molar-refractivity contribution >= 4 is 5.97 Å². The molecule has 0 unspecified atom stereocenters. The molecule has 1 heterocycles. The van der Waals surface area contributed by atoms with Crippen molar-refractivity contribution in [3.05, 3.63) is 24.0 Å². The Morgan fingerprint density at radius 1 is 1.39 bits per heavy atom. The number of hydrogen-bond acceptors (Lipinski definition) is 4. The van der Waals surface area contributed by atoms with Gasteiger partial charge in [0, 0.05) is 6.20 Å². The van der Waals surface area contributed by atoms with Gasteiger partial charge >= 0.3 is 5.97 Å². The zero-order valence-corrected chi connectivity index (χ0v) is 10.1. The Bertz CT molecular complexity index is 427. The molecular formula is C13H17NO4. The van der Waals surface area contributed by atoms with E-state index in [0.29, 0.717) is 12.8 Å². The van der Waals surface area contributed by atoms with E-state index in [1.165, 1.54) is 18.5 Å². The van der Waals surface area contributed by atoms with Crippen molar-refractivity contribution in [2.24, 2.45) is 0 Å². The molecule has 1 fully saturated rings. The van der Waals surface area contributed by atoms with Crippen LogP contribution in [-0.4, -0.2) is 33.4 Å². The zero-order valence-electron chi connectivity index (χ0n) is 10.1. The Kier molecular flexibility index (Phi) is 3.81. The van der Waals surface area contributed by atoms with Crippen molar-refractivity contribution in [3.63, 3.8) is 0 Å². The number of carbonyl (C=O) groups is 1. The smallest absolute Gasteiger partial charge is 0.339 e. The third kappa shape index (κ3) is 2.98. The van der Waals surface area contributed by atoms with Gasteiger partial charge in [0.2, 0.25) is 0 Å². The lowest BCUT2D eigenvalue weighted by atomic mass is 9.85. The molecule has 0 saturated heterocycles. The maximum absolute atomic E-state index is 11.0. The van der Waals surface area contributed by atoms with Gasteiger partial charge in [-0.1, -0.05) is 19.3 Å². The largest absolute Gasteiger partial charge is 0.488 e. The molecule has 2 N–H and O–H groups in total. The molecule has 0 amide bonds. The molecule has 1 aliphatic carbocycles. The topological polar surface area (TPSA) is 79.7 Å². The van der Waals surface area contributed by atoms with Gasteiger partial charge in [-0.25, -0.2) is 4.79 Å². The third-order valence-electron chi connectivity index (χ3n) is 3.30. The van der Waals surface area contributed by atoms with E-state index in [-0.39, 0.29) is 17.9 Å². The Balaban J connectivity index is 2.03. The van der Waals surface area contributed by atoms with Crippen molar-refractivity contribution in [1.29, 1.82) is 0 Å². The number of aliphatic hydroxyl groups is 1. The normalized spacial score (nSPS) is 18.3. The lowest BCUT2D eigenvalue weighted by molar-refractivity contribution is -0.0342. The van der Waals surface area contributed by atoms with E-state index in [2.05, 4.69) is 4.98 Å². The van der Waals surface area contributed by atoms with Gasteiger partial charge in [0.1, 0.15) is 12.2 Å². The fraction of sp³-hybridized carbons (Fsp3) is 0.538. The Morgan fingerprint density at radius 3 is 2.78 bits per heavy atom. The first-order chi connectivity index (χ1) is 8.61. The lowest BCUT2D eigenvalue weighted by Crippen LogP contribution is -2.38. The first-order valence-corrected chi connectivity index (χ1v) is 6.13. The quantitative estimate of drug-likeness (QED) is 0.853. The van der Waals surface area contributed by atoms with E-state index >= 15 is 0 Å². The second-order valence-electron chi connectivity index (χ2n) is 4.75. The van der Waals surface area contributed by atoms with Crippen LogP contribution in [0.25, 0.3) is 0 Å². The third-order valence-corrected chi connectivity index (χ3v) is 3.30. The second-order valence-corrected chi connectivity index (χ2v) is 4.75. The number of aromatic carboxylic acids is 1. The minimum Gasteiger partial charge on any atom is -0.488 e. The second kappa shape index (κ2) is 5.35. The summed E-state index contributed by atoms with van der Waals surface area (Å²) in [5, 5.41) is 19.3. The molecule has 0 radical (unpaired) electrons. The molecule has 5 heteroatoms. The van der Waals surface area contributed by atoms with Gasteiger partial charge in [-0.2, -0.15) is 0 Å². The highest BCUT2D eigenvalue weighted by atomic mass is 16.5. The van der Waals surface area contributed by atoms with Crippen LogP contribution in [0.3, 0.4) is 0 Å². The summed E-state index contributed by atoms with van der Waals surface area (Å²) in [7, 11) is 0. The van der Waals surface area contributed by atoms with Gasteiger partial charge in [-0.15, -0.1) is 0 Å². The number of hydrogen-bond donors (Lipinski definition) is 2. The molecule has 0 bridgehead atoms. The Morgan fingerprint density at radius 2 is 2.11 bits per heavy atom. The van der Waals surface area contributed by atoms with E-state index in [1.54, 1.807) is 0 Å². The molecule has 1 saturated carbocycles. The number of aromatic nitrogens is 1. The fourth-order valence-corrected chi connectivity index (χ4v) is 2.24. The predicted molar refractivity (Wildman–Crippen MR) is 64.7 cm³/mol. The number of nitrogens with zero attached hydrogens (tertiary/aromatic N) is 1. The maximum atomic E-state index is 11.0. The van der Waals surface area contributed by atoms with Gasteiger partial charge < -0.3 is 14.9 Å². The number of carboxylic acids is 1. The van der Waals surface area contributed by atoms with E-state index in [4.69, 9.17) is 9.84 Å². The molecule has 5 nitrogen and oxygen atoms in total. The van der Waals surface area contributed by atoms with Crippen molar-refractivity contribution in [1.82, 2.24) is 4.98 Å². The monoisotopic (exact) mass is 251 g/mol. The minimum absolute atomic E-state index is 0.0735. The highest BCUT2D eigenvalue weighted by molar-refractivity contribution is 5.90. The van der Waals surface area contributed by atoms with Gasteiger partial charge in [0.15, 0.2) is 5.75 Å². The molecule has 0 aromatic carbocycles. The number of carboxylic acid groups (broad SMARTS) is 1. The lowest BCUT2D eigenvalue weighted by Gasteiger charge is -2.31. The first-order valence-electron chi connectivity index (χ1n) is 6.13. The summed E-state index contributed by atoms with van der Waals surface area (Å²) in [6.07, 6.45) is 7.29. The molecular weight excluding hydrogens is 234 g/mol. The Hall–Kier alpha value is -1.62. The van der Waals surface area contributed by atoms with Crippen LogP contribution in [0.15, 0.2) is 18.5 Å². The van der Waals surface area contributed by atoms with Crippen LogP contribution in [-0.2, 0) is 0 Å². The molecule has 1 aromatic heterocycles. The number of rotatable bonds is 4. The van der Waals surface area contributed by atoms with Crippen LogP contribution in [0, 0.1) is 0 Å². The summed E-state index contributed by atoms with van der Waals surface area (Å²) in [5.41, 5.74) is -0.756. The highest BCUT2D eigenvalue weighted by Crippen LogP contribution is 2.29. The summed E-state index contributed by atoms with van der Waals surface area (Å²) in [4.78, 5) is 14.8. The van der Waals surface area contributed by atoms with Crippen molar-refractivity contribution in [2.45, 2.75) is 37.7 Å². The van der Waals surface area contributed by atoms with E-state index < -0.39 is 11.6 Å². The minimum atomic E-state index is -1.05. The van der Waals surface area contributed by atoms with Crippen LogP contribution in [0.2, 0.25) is 0 Å². The maximum Gasteiger partial charge on any atom is 0.339 e. The average Bonchev–Trinajstić information content (AvgIpc) is 2.38. The Labute approximate surface area is 105 Å². The number of pyridine rings is 1. The van der Waals surface area contributed by atoms with Crippen molar-refractivity contribution in [2.75, 3.05) is 6.61 Å². The van der Waals surface area contributed by atoms with Gasteiger partial charge in [0.05, 0.1) is 11.8 Å². The molecule has 0 atom stereocenters. The van der Waals surface area contributed by atoms with Gasteiger partial charge in [0.25, 0.3) is 0 Å². The first kappa shape index (κ1) is 12.8.